The maximum atomic E-state index is 12.9. The molecule has 1 aliphatic rings. The number of hydrogen-bond acceptors (Lipinski definition) is 2. The van der Waals surface area contributed by atoms with Crippen molar-refractivity contribution in [1.82, 2.24) is 4.98 Å². The maximum absolute atomic E-state index is 12.9. The molecule has 130 valence electrons. The average Bonchev–Trinajstić information content (AvgIpc) is 2.92. The minimum absolute atomic E-state index is 0.117. The van der Waals surface area contributed by atoms with Crippen LogP contribution in [-0.2, 0) is 0 Å². The number of aromatic nitrogens is 1. The molecule has 0 spiro atoms. The van der Waals surface area contributed by atoms with Crippen LogP contribution in [-0.4, -0.2) is 10.8 Å². The molecular formula is C25H19NO. The van der Waals surface area contributed by atoms with Crippen molar-refractivity contribution in [3.8, 4) is 22.4 Å². The molecule has 1 aliphatic carbocycles. The van der Waals surface area contributed by atoms with Gasteiger partial charge in [-0.1, -0.05) is 47.0 Å². The quantitative estimate of drug-likeness (QED) is 0.369. The molecule has 0 bridgehead atoms. The highest BCUT2D eigenvalue weighted by Gasteiger charge is 2.28. The molecule has 1 aromatic heterocycles. The van der Waals surface area contributed by atoms with Gasteiger partial charge in [-0.3, -0.25) is 9.78 Å². The van der Waals surface area contributed by atoms with Crippen LogP contribution in [0.25, 0.3) is 33.2 Å². The zero-order chi connectivity index (χ0) is 18.7. The molecular weight excluding hydrogens is 330 g/mol. The predicted octanol–water partition coefficient (Wildman–Crippen LogP) is 6.04. The van der Waals surface area contributed by atoms with Gasteiger partial charge in [0.25, 0.3) is 0 Å². The highest BCUT2D eigenvalue weighted by atomic mass is 16.1. The fourth-order valence-corrected chi connectivity index (χ4v) is 4.28. The average molecular weight is 349 g/mol. The first-order valence-corrected chi connectivity index (χ1v) is 9.19. The third-order valence-electron chi connectivity index (χ3n) is 5.37. The van der Waals surface area contributed by atoms with Crippen molar-refractivity contribution < 1.29 is 4.79 Å². The van der Waals surface area contributed by atoms with E-state index in [1.165, 1.54) is 11.1 Å². The molecule has 0 saturated carbocycles. The Balaban J connectivity index is 1.86. The van der Waals surface area contributed by atoms with Crippen molar-refractivity contribution >= 4 is 16.6 Å². The molecule has 0 atom stereocenters. The summed E-state index contributed by atoms with van der Waals surface area (Å²) in [6, 6.07) is 18.6. The van der Waals surface area contributed by atoms with Gasteiger partial charge in [-0.25, -0.2) is 0 Å². The standard InChI is InChI=1S/C25H19NO/c1-14-4-5-20-22(13-14)23-18-8-9-26-24(17-11-15(2)10-16(3)12-17)19(18)6-7-21(23)25(20)27/h4-13H,1-3H3. The molecule has 0 radical (unpaired) electrons. The minimum Gasteiger partial charge on any atom is -0.289 e. The summed E-state index contributed by atoms with van der Waals surface area (Å²) in [5.41, 5.74) is 9.37. The maximum Gasteiger partial charge on any atom is 0.194 e. The van der Waals surface area contributed by atoms with Gasteiger partial charge in [0.2, 0.25) is 0 Å². The lowest BCUT2D eigenvalue weighted by atomic mass is 9.94. The van der Waals surface area contributed by atoms with Crippen LogP contribution in [0.2, 0.25) is 0 Å². The molecule has 2 nitrogen and oxygen atoms in total. The Kier molecular flexibility index (Phi) is 3.32. The molecule has 0 aliphatic heterocycles. The van der Waals surface area contributed by atoms with Crippen LogP contribution in [0.15, 0.2) is 60.8 Å². The van der Waals surface area contributed by atoms with E-state index in [-0.39, 0.29) is 5.78 Å². The summed E-state index contributed by atoms with van der Waals surface area (Å²) in [5.74, 6) is 0.117. The van der Waals surface area contributed by atoms with E-state index in [0.29, 0.717) is 0 Å². The second kappa shape index (κ2) is 5.62. The van der Waals surface area contributed by atoms with Gasteiger partial charge >= 0.3 is 0 Å². The summed E-state index contributed by atoms with van der Waals surface area (Å²) < 4.78 is 0. The number of ketones is 1. The summed E-state index contributed by atoms with van der Waals surface area (Å²) in [5, 5.41) is 2.18. The summed E-state index contributed by atoms with van der Waals surface area (Å²) in [6.07, 6.45) is 1.86. The third-order valence-corrected chi connectivity index (χ3v) is 5.37. The van der Waals surface area contributed by atoms with Crippen LogP contribution in [0.1, 0.15) is 32.6 Å². The molecule has 0 amide bonds. The number of fused-ring (bicyclic) bond motifs is 5. The molecule has 0 N–H and O–H groups in total. The summed E-state index contributed by atoms with van der Waals surface area (Å²) in [7, 11) is 0. The fourth-order valence-electron chi connectivity index (χ4n) is 4.28. The van der Waals surface area contributed by atoms with Gasteiger partial charge in [0.15, 0.2) is 5.78 Å². The van der Waals surface area contributed by atoms with E-state index in [2.05, 4.69) is 45.0 Å². The number of carbonyl (C=O) groups is 1. The lowest BCUT2D eigenvalue weighted by Gasteiger charge is -2.11. The lowest BCUT2D eigenvalue weighted by molar-refractivity contribution is 0.104. The molecule has 0 saturated heterocycles. The van der Waals surface area contributed by atoms with E-state index >= 15 is 0 Å². The zero-order valence-electron chi connectivity index (χ0n) is 15.6. The normalized spacial score (nSPS) is 12.3. The Morgan fingerprint density at radius 1 is 0.667 bits per heavy atom. The summed E-state index contributed by atoms with van der Waals surface area (Å²) in [4.78, 5) is 17.6. The Hall–Kier alpha value is -3.26. The smallest absolute Gasteiger partial charge is 0.194 e. The Labute approximate surface area is 158 Å². The van der Waals surface area contributed by atoms with E-state index in [1.54, 1.807) is 0 Å². The van der Waals surface area contributed by atoms with E-state index in [1.807, 2.05) is 36.5 Å². The van der Waals surface area contributed by atoms with Crippen molar-refractivity contribution in [2.24, 2.45) is 0 Å². The van der Waals surface area contributed by atoms with Gasteiger partial charge in [-0.05, 0) is 56.0 Å². The van der Waals surface area contributed by atoms with Crippen molar-refractivity contribution in [1.29, 1.82) is 0 Å². The van der Waals surface area contributed by atoms with Crippen molar-refractivity contribution in [2.75, 3.05) is 0 Å². The first-order chi connectivity index (χ1) is 13.0. The van der Waals surface area contributed by atoms with Crippen molar-refractivity contribution in [3.63, 3.8) is 0 Å². The van der Waals surface area contributed by atoms with Gasteiger partial charge in [0.05, 0.1) is 5.69 Å². The van der Waals surface area contributed by atoms with Gasteiger partial charge in [0, 0.05) is 33.8 Å². The Morgan fingerprint density at radius 2 is 1.41 bits per heavy atom. The summed E-state index contributed by atoms with van der Waals surface area (Å²) >= 11 is 0. The first-order valence-electron chi connectivity index (χ1n) is 9.19. The van der Waals surface area contributed by atoms with Gasteiger partial charge in [-0.15, -0.1) is 0 Å². The van der Waals surface area contributed by atoms with Crippen LogP contribution in [0.3, 0.4) is 0 Å². The van der Waals surface area contributed by atoms with Crippen molar-refractivity contribution in [3.05, 3.63) is 88.6 Å². The van der Waals surface area contributed by atoms with Gasteiger partial charge < -0.3 is 0 Å². The first kappa shape index (κ1) is 16.0. The van der Waals surface area contributed by atoms with Crippen molar-refractivity contribution in [2.45, 2.75) is 20.8 Å². The number of pyridine rings is 1. The molecule has 5 rings (SSSR count). The number of rotatable bonds is 1. The molecule has 27 heavy (non-hydrogen) atoms. The number of benzene rings is 3. The molecule has 4 aromatic rings. The van der Waals surface area contributed by atoms with E-state index in [4.69, 9.17) is 4.98 Å². The second-order valence-corrected chi connectivity index (χ2v) is 7.50. The SMILES string of the molecule is Cc1cc(C)cc(-c2nccc3c4c(ccc23)C(=O)c2ccc(C)cc2-4)c1. The Bertz CT molecular complexity index is 1250. The van der Waals surface area contributed by atoms with Crippen LogP contribution >= 0.6 is 0 Å². The van der Waals surface area contributed by atoms with Crippen LogP contribution in [0, 0.1) is 20.8 Å². The zero-order valence-corrected chi connectivity index (χ0v) is 15.6. The second-order valence-electron chi connectivity index (χ2n) is 7.50. The van der Waals surface area contributed by atoms with Gasteiger partial charge in [-0.2, -0.15) is 0 Å². The number of aryl methyl sites for hydroxylation is 3. The predicted molar refractivity (Wildman–Crippen MR) is 110 cm³/mol. The molecule has 1 heterocycles. The number of hydrogen-bond donors (Lipinski definition) is 0. The van der Waals surface area contributed by atoms with Gasteiger partial charge in [0.1, 0.15) is 0 Å². The molecule has 2 heteroatoms. The number of carbonyl (C=O) groups excluding carboxylic acids is 1. The Morgan fingerprint density at radius 3 is 2.19 bits per heavy atom. The highest BCUT2D eigenvalue weighted by Crippen LogP contribution is 2.43. The third kappa shape index (κ3) is 2.33. The molecule has 0 fully saturated rings. The molecule has 3 aromatic carbocycles. The molecule has 0 unspecified atom stereocenters. The van der Waals surface area contributed by atoms with Crippen LogP contribution < -0.4 is 0 Å². The lowest BCUT2D eigenvalue weighted by Crippen LogP contribution is -1.95. The van der Waals surface area contributed by atoms with Crippen LogP contribution in [0.4, 0.5) is 0 Å². The topological polar surface area (TPSA) is 30.0 Å². The number of nitrogens with zero attached hydrogens (tertiary/aromatic N) is 1. The summed E-state index contributed by atoms with van der Waals surface area (Å²) in [6.45, 7) is 6.28. The minimum atomic E-state index is 0.117. The van der Waals surface area contributed by atoms with E-state index in [0.717, 1.165) is 49.8 Å². The monoisotopic (exact) mass is 349 g/mol. The fraction of sp³-hybridized carbons (Fsp3) is 0.120. The van der Waals surface area contributed by atoms with Crippen LogP contribution in [0.5, 0.6) is 0 Å². The van der Waals surface area contributed by atoms with E-state index < -0.39 is 0 Å². The largest absolute Gasteiger partial charge is 0.289 e. The highest BCUT2D eigenvalue weighted by molar-refractivity contribution is 6.26. The van der Waals surface area contributed by atoms with E-state index in [9.17, 15) is 4.79 Å².